The first-order chi connectivity index (χ1) is 24.2. The van der Waals surface area contributed by atoms with Gasteiger partial charge in [-0.25, -0.2) is 4.90 Å². The van der Waals surface area contributed by atoms with Crippen molar-refractivity contribution in [2.45, 2.75) is 0 Å². The molecule has 3 heterocycles. The van der Waals surface area contributed by atoms with Gasteiger partial charge >= 0.3 is 0 Å². The predicted octanol–water partition coefficient (Wildman–Crippen LogP) is 8.74. The third kappa shape index (κ3) is 5.49. The maximum atomic E-state index is 4.97. The molecular formula is C42H27N7. The van der Waals surface area contributed by atoms with E-state index in [4.69, 9.17) is 30.0 Å². The summed E-state index contributed by atoms with van der Waals surface area (Å²) < 4.78 is 0. The van der Waals surface area contributed by atoms with E-state index in [2.05, 4.69) is 72.8 Å². The number of aliphatic imine (C=N–C) groups is 6. The van der Waals surface area contributed by atoms with Gasteiger partial charge < -0.3 is 0 Å². The molecular weight excluding hydrogens is 603 g/mol. The second-order valence-electron chi connectivity index (χ2n) is 11.7. The van der Waals surface area contributed by atoms with Crippen molar-refractivity contribution in [2.75, 3.05) is 0 Å². The fourth-order valence-electron chi connectivity index (χ4n) is 6.08. The number of guanidine groups is 3. The lowest BCUT2D eigenvalue weighted by Gasteiger charge is -2.30. The molecule has 230 valence electrons. The second kappa shape index (κ2) is 12.1. The highest BCUT2D eigenvalue weighted by atomic mass is 15.5. The molecule has 3 aliphatic heterocycles. The van der Waals surface area contributed by atoms with Crippen molar-refractivity contribution in [3.05, 3.63) is 180 Å². The molecule has 7 heteroatoms. The van der Waals surface area contributed by atoms with E-state index in [-0.39, 0.29) is 0 Å². The van der Waals surface area contributed by atoms with Crippen LogP contribution in [0.3, 0.4) is 0 Å². The maximum absolute atomic E-state index is 4.97. The summed E-state index contributed by atoms with van der Waals surface area (Å²) in [5.41, 5.74) is 9.13. The van der Waals surface area contributed by atoms with Crippen LogP contribution in [0.1, 0.15) is 16.7 Å². The van der Waals surface area contributed by atoms with E-state index in [1.165, 1.54) is 0 Å². The number of rotatable bonds is 6. The molecule has 9 rings (SSSR count). The number of nitrogens with zero attached hydrogens (tertiary/aromatic N) is 7. The quantitative estimate of drug-likeness (QED) is 0.182. The Balaban J connectivity index is 1.19. The Hall–Kier alpha value is -6.86. The summed E-state index contributed by atoms with van der Waals surface area (Å²) in [5.74, 6) is 2.80. The molecule has 0 bridgehead atoms. The van der Waals surface area contributed by atoms with Crippen molar-refractivity contribution in [2.24, 2.45) is 30.0 Å². The van der Waals surface area contributed by atoms with Crippen LogP contribution in [0.2, 0.25) is 0 Å². The van der Waals surface area contributed by atoms with Crippen LogP contribution in [0.25, 0.3) is 33.4 Å². The van der Waals surface area contributed by atoms with Crippen LogP contribution in [-0.4, -0.2) is 40.3 Å². The fourth-order valence-corrected chi connectivity index (χ4v) is 6.08. The minimum atomic E-state index is 0.416. The molecule has 0 unspecified atom stereocenters. The van der Waals surface area contributed by atoms with Gasteiger partial charge in [0, 0.05) is 16.7 Å². The van der Waals surface area contributed by atoms with Crippen LogP contribution in [-0.2, 0) is 0 Å². The van der Waals surface area contributed by atoms with E-state index in [1.54, 1.807) is 4.90 Å². The van der Waals surface area contributed by atoms with E-state index in [0.29, 0.717) is 35.4 Å². The molecule has 0 radical (unpaired) electrons. The summed E-state index contributed by atoms with van der Waals surface area (Å²) in [6.07, 6.45) is 0. The van der Waals surface area contributed by atoms with Crippen LogP contribution < -0.4 is 0 Å². The van der Waals surface area contributed by atoms with Gasteiger partial charge in [-0.3, -0.25) is 0 Å². The van der Waals surface area contributed by atoms with Gasteiger partial charge in [-0.05, 0) is 51.6 Å². The van der Waals surface area contributed by atoms with Gasteiger partial charge in [-0.1, -0.05) is 146 Å². The lowest BCUT2D eigenvalue weighted by atomic mass is 10.0. The molecule has 0 amide bonds. The minimum Gasteiger partial charge on any atom is -0.213 e. The Labute approximate surface area is 283 Å². The van der Waals surface area contributed by atoms with Crippen LogP contribution in [0, 0.1) is 0 Å². The first-order valence-corrected chi connectivity index (χ1v) is 16.1. The third-order valence-electron chi connectivity index (χ3n) is 8.52. The molecule has 0 N–H and O–H groups in total. The van der Waals surface area contributed by atoms with Gasteiger partial charge in [0.15, 0.2) is 17.5 Å². The third-order valence-corrected chi connectivity index (χ3v) is 8.52. The molecule has 6 aromatic carbocycles. The molecule has 7 nitrogen and oxygen atoms in total. The van der Waals surface area contributed by atoms with E-state index in [0.717, 1.165) is 50.1 Å². The SMILES string of the molecule is c1ccc(-c2cccc(C3=NC4=NC(c5cccc(-c6ccccc6)c5)=NC5=NC(c6cccc(-c7ccccc7)c6)=NC(=N3)N45)c2)cc1. The Kier molecular flexibility index (Phi) is 6.98. The summed E-state index contributed by atoms with van der Waals surface area (Å²) in [5, 5.41) is 0. The van der Waals surface area contributed by atoms with Gasteiger partial charge in [0.25, 0.3) is 0 Å². The molecule has 0 spiro atoms. The van der Waals surface area contributed by atoms with Crippen molar-refractivity contribution in [1.82, 2.24) is 4.90 Å². The zero-order valence-corrected chi connectivity index (χ0v) is 26.2. The Morgan fingerprint density at radius 2 is 0.510 bits per heavy atom. The summed E-state index contributed by atoms with van der Waals surface area (Å²) >= 11 is 0. The maximum Gasteiger partial charge on any atom is 0.243 e. The minimum absolute atomic E-state index is 0.416. The molecule has 0 aromatic heterocycles. The summed E-state index contributed by atoms with van der Waals surface area (Å²) in [4.78, 5) is 31.6. The lowest BCUT2D eigenvalue weighted by Crippen LogP contribution is -2.48. The van der Waals surface area contributed by atoms with Gasteiger partial charge in [0.1, 0.15) is 0 Å². The Bertz CT molecular complexity index is 2150. The van der Waals surface area contributed by atoms with Gasteiger partial charge in [-0.15, -0.1) is 0 Å². The molecule has 49 heavy (non-hydrogen) atoms. The average molecular weight is 630 g/mol. The summed E-state index contributed by atoms with van der Waals surface area (Å²) in [7, 11) is 0. The van der Waals surface area contributed by atoms with Gasteiger partial charge in [0.05, 0.1) is 0 Å². The molecule has 0 saturated carbocycles. The molecule has 0 saturated heterocycles. The standard InChI is InChI=1S/C42H27N7/c1-4-13-28(14-5-1)31-19-10-22-34(25-31)37-43-40-45-38(35-23-11-20-32(26-35)29-15-6-2-7-16-29)47-42-48-39(46-41(44-37)49(40)42)36-24-12-21-33(27-36)30-17-8-3-9-18-30/h1-27H. The van der Waals surface area contributed by atoms with E-state index < -0.39 is 0 Å². The van der Waals surface area contributed by atoms with Crippen LogP contribution in [0.4, 0.5) is 0 Å². The first kappa shape index (κ1) is 28.4. The van der Waals surface area contributed by atoms with Crippen molar-refractivity contribution < 1.29 is 0 Å². The normalized spacial score (nSPS) is 14.8. The summed E-state index contributed by atoms with van der Waals surface area (Å²) in [6.45, 7) is 0. The van der Waals surface area contributed by atoms with Crippen LogP contribution in [0.5, 0.6) is 0 Å². The van der Waals surface area contributed by atoms with Crippen molar-refractivity contribution >= 4 is 35.4 Å². The zero-order valence-electron chi connectivity index (χ0n) is 26.2. The van der Waals surface area contributed by atoms with Crippen LogP contribution in [0.15, 0.2) is 194 Å². The van der Waals surface area contributed by atoms with E-state index in [1.807, 2.05) is 91.0 Å². The molecule has 0 aliphatic carbocycles. The van der Waals surface area contributed by atoms with Crippen LogP contribution >= 0.6 is 0 Å². The number of benzene rings is 6. The van der Waals surface area contributed by atoms with Gasteiger partial charge in [0.2, 0.25) is 17.9 Å². The second-order valence-corrected chi connectivity index (χ2v) is 11.7. The molecule has 0 fully saturated rings. The van der Waals surface area contributed by atoms with Crippen molar-refractivity contribution in [3.63, 3.8) is 0 Å². The Morgan fingerprint density at radius 1 is 0.245 bits per heavy atom. The topological polar surface area (TPSA) is 77.4 Å². The fraction of sp³-hybridized carbons (Fsp3) is 0. The Morgan fingerprint density at radius 3 is 0.816 bits per heavy atom. The highest BCUT2D eigenvalue weighted by Crippen LogP contribution is 2.28. The first-order valence-electron chi connectivity index (χ1n) is 16.1. The average Bonchev–Trinajstić information content (AvgIpc) is 3.19. The zero-order chi connectivity index (χ0) is 32.6. The number of hydrogen-bond acceptors (Lipinski definition) is 7. The van der Waals surface area contributed by atoms with Gasteiger partial charge in [-0.2, -0.15) is 30.0 Å². The number of amidine groups is 3. The highest BCUT2D eigenvalue weighted by Gasteiger charge is 2.35. The monoisotopic (exact) mass is 629 g/mol. The molecule has 6 aromatic rings. The predicted molar refractivity (Wildman–Crippen MR) is 199 cm³/mol. The van der Waals surface area contributed by atoms with Crippen molar-refractivity contribution in [1.29, 1.82) is 0 Å². The van der Waals surface area contributed by atoms with E-state index in [9.17, 15) is 0 Å². The summed E-state index contributed by atoms with van der Waals surface area (Å²) in [6, 6.07) is 55.5. The smallest absolute Gasteiger partial charge is 0.213 e. The molecule has 3 aliphatic rings. The van der Waals surface area contributed by atoms with E-state index >= 15 is 0 Å². The molecule has 0 atom stereocenters. The van der Waals surface area contributed by atoms with Crippen molar-refractivity contribution in [3.8, 4) is 33.4 Å². The lowest BCUT2D eigenvalue weighted by molar-refractivity contribution is 0.828. The number of hydrogen-bond donors (Lipinski definition) is 0. The highest BCUT2D eigenvalue weighted by molar-refractivity contribution is 6.34. The largest absolute Gasteiger partial charge is 0.243 e.